The van der Waals surface area contributed by atoms with Gasteiger partial charge in [-0.25, -0.2) is 17.9 Å². The van der Waals surface area contributed by atoms with E-state index >= 15 is 0 Å². The first-order chi connectivity index (χ1) is 12.2. The summed E-state index contributed by atoms with van der Waals surface area (Å²) in [5.41, 5.74) is 0.492. The summed E-state index contributed by atoms with van der Waals surface area (Å²) in [5.74, 6) is -3.31. The van der Waals surface area contributed by atoms with Crippen LogP contribution in [0.15, 0.2) is 24.3 Å². The Kier molecular flexibility index (Phi) is 4.78. The summed E-state index contributed by atoms with van der Waals surface area (Å²) in [6.07, 6.45) is 0.497. The monoisotopic (exact) mass is 381 g/mol. The van der Waals surface area contributed by atoms with Gasteiger partial charge in [-0.2, -0.15) is 10.4 Å². The molecule has 0 unspecified atom stereocenters. The Balaban J connectivity index is 2.12. The number of hydrogen-bond acceptors (Lipinski definition) is 2. The highest BCUT2D eigenvalue weighted by Crippen LogP contribution is 2.51. The third kappa shape index (κ3) is 3.09. The van der Waals surface area contributed by atoms with Gasteiger partial charge in [-0.1, -0.05) is 25.4 Å². The lowest BCUT2D eigenvalue weighted by atomic mass is 9.74. The molecule has 0 atom stereocenters. The zero-order valence-corrected chi connectivity index (χ0v) is 15.3. The quantitative estimate of drug-likeness (QED) is 0.647. The van der Waals surface area contributed by atoms with Crippen molar-refractivity contribution in [3.05, 3.63) is 40.8 Å². The zero-order chi connectivity index (χ0) is 19.1. The molecule has 3 rings (SSSR count). The van der Waals surface area contributed by atoms with Gasteiger partial charge in [-0.15, -0.1) is 0 Å². The Bertz CT molecular complexity index is 857. The van der Waals surface area contributed by atoms with Crippen molar-refractivity contribution in [3.8, 4) is 17.3 Å². The second-order valence-corrected chi connectivity index (χ2v) is 7.27. The van der Waals surface area contributed by atoms with Crippen LogP contribution in [0.4, 0.5) is 13.2 Å². The lowest BCUT2D eigenvalue weighted by Gasteiger charge is -2.43. The van der Waals surface area contributed by atoms with Crippen LogP contribution in [0, 0.1) is 17.1 Å². The fourth-order valence-corrected chi connectivity index (χ4v) is 3.79. The largest absolute Gasteiger partial charge is 0.254 e. The van der Waals surface area contributed by atoms with Gasteiger partial charge in [0.15, 0.2) is 5.54 Å². The SMILES string of the molecule is CCC(CC)c1cc(-c2ccc(F)c(Cl)c2)nn1C1(C#N)CC(F)(F)C1. The number of nitrogens with zero attached hydrogens (tertiary/aromatic N) is 3. The third-order valence-electron chi connectivity index (χ3n) is 5.07. The second kappa shape index (κ2) is 6.62. The molecule has 1 saturated carbocycles. The van der Waals surface area contributed by atoms with Crippen molar-refractivity contribution >= 4 is 11.6 Å². The number of benzene rings is 1. The average molecular weight is 382 g/mol. The molecule has 1 aliphatic carbocycles. The Hall–Kier alpha value is -2.00. The molecule has 1 fully saturated rings. The van der Waals surface area contributed by atoms with E-state index in [2.05, 4.69) is 5.10 Å². The van der Waals surface area contributed by atoms with Gasteiger partial charge in [0.25, 0.3) is 5.92 Å². The van der Waals surface area contributed by atoms with E-state index in [1.54, 1.807) is 12.1 Å². The Morgan fingerprint density at radius 2 is 1.92 bits per heavy atom. The highest BCUT2D eigenvalue weighted by atomic mass is 35.5. The number of nitriles is 1. The van der Waals surface area contributed by atoms with E-state index in [4.69, 9.17) is 11.6 Å². The maximum Gasteiger partial charge on any atom is 0.254 e. The summed E-state index contributed by atoms with van der Waals surface area (Å²) in [6, 6.07) is 8.09. The molecule has 1 aromatic heterocycles. The van der Waals surface area contributed by atoms with Crippen molar-refractivity contribution in [1.82, 2.24) is 9.78 Å². The van der Waals surface area contributed by atoms with E-state index in [0.717, 1.165) is 18.5 Å². The van der Waals surface area contributed by atoms with Gasteiger partial charge >= 0.3 is 0 Å². The van der Waals surface area contributed by atoms with Crippen molar-refractivity contribution < 1.29 is 13.2 Å². The second-order valence-electron chi connectivity index (χ2n) is 6.86. The summed E-state index contributed by atoms with van der Waals surface area (Å²) in [6.45, 7) is 4.02. The predicted octanol–water partition coefficient (Wildman–Crippen LogP) is 5.89. The number of alkyl halides is 2. The van der Waals surface area contributed by atoms with Crippen LogP contribution in [0.5, 0.6) is 0 Å². The molecule has 1 aromatic carbocycles. The molecule has 138 valence electrons. The normalized spacial score (nSPS) is 17.8. The molecule has 1 heterocycles. The molecule has 0 amide bonds. The molecule has 2 aromatic rings. The van der Waals surface area contributed by atoms with Gasteiger partial charge in [0.2, 0.25) is 0 Å². The number of halogens is 4. The number of aromatic nitrogens is 2. The van der Waals surface area contributed by atoms with Gasteiger partial charge in [-0.05, 0) is 37.1 Å². The molecule has 0 saturated heterocycles. The molecular formula is C19H19ClF3N3. The minimum atomic E-state index is -2.85. The molecule has 0 radical (unpaired) electrons. The first kappa shape index (κ1) is 18.8. The molecule has 0 bridgehead atoms. The van der Waals surface area contributed by atoms with Crippen LogP contribution in [0.2, 0.25) is 5.02 Å². The van der Waals surface area contributed by atoms with E-state index in [0.29, 0.717) is 11.3 Å². The van der Waals surface area contributed by atoms with Gasteiger partial charge in [0, 0.05) is 17.2 Å². The van der Waals surface area contributed by atoms with Crippen molar-refractivity contribution in [3.63, 3.8) is 0 Å². The molecule has 7 heteroatoms. The van der Waals surface area contributed by atoms with E-state index in [1.165, 1.54) is 16.8 Å². The van der Waals surface area contributed by atoms with Crippen LogP contribution in [0.1, 0.15) is 51.1 Å². The van der Waals surface area contributed by atoms with E-state index in [-0.39, 0.29) is 10.9 Å². The molecule has 0 aliphatic heterocycles. The van der Waals surface area contributed by atoms with Crippen LogP contribution in [-0.2, 0) is 5.54 Å². The lowest BCUT2D eigenvalue weighted by molar-refractivity contribution is -0.135. The molecular weight excluding hydrogens is 363 g/mol. The smallest absolute Gasteiger partial charge is 0.248 e. The molecule has 26 heavy (non-hydrogen) atoms. The summed E-state index contributed by atoms with van der Waals surface area (Å²) < 4.78 is 42.1. The molecule has 1 aliphatic rings. The average Bonchev–Trinajstić information content (AvgIpc) is 3.01. The molecule has 0 spiro atoms. The maximum absolute atomic E-state index is 13.6. The minimum Gasteiger partial charge on any atom is -0.248 e. The standard InChI is InChI=1S/C19H19ClF3N3/c1-3-12(4-2)17-8-16(13-5-6-15(21)14(20)7-13)25-26(17)18(11-24)9-19(22,23)10-18/h5-8,12H,3-4,9-10H2,1-2H3. The van der Waals surface area contributed by atoms with Crippen LogP contribution < -0.4 is 0 Å². The van der Waals surface area contributed by atoms with E-state index in [1.807, 2.05) is 19.9 Å². The fourth-order valence-electron chi connectivity index (χ4n) is 3.61. The van der Waals surface area contributed by atoms with E-state index < -0.39 is 30.1 Å². The molecule has 3 nitrogen and oxygen atoms in total. The first-order valence-electron chi connectivity index (χ1n) is 8.60. The Morgan fingerprint density at radius 1 is 1.27 bits per heavy atom. The predicted molar refractivity (Wildman–Crippen MR) is 93.7 cm³/mol. The lowest BCUT2D eigenvalue weighted by Crippen LogP contribution is -2.53. The topological polar surface area (TPSA) is 41.6 Å². The summed E-state index contributed by atoms with van der Waals surface area (Å²) in [5, 5.41) is 14.1. The van der Waals surface area contributed by atoms with Crippen molar-refractivity contribution in [2.45, 2.75) is 56.9 Å². The van der Waals surface area contributed by atoms with Crippen molar-refractivity contribution in [2.24, 2.45) is 0 Å². The van der Waals surface area contributed by atoms with Crippen LogP contribution in [0.25, 0.3) is 11.3 Å². The highest BCUT2D eigenvalue weighted by Gasteiger charge is 2.60. The van der Waals surface area contributed by atoms with Gasteiger partial charge in [0.1, 0.15) is 5.82 Å². The maximum atomic E-state index is 13.6. The number of hydrogen-bond donors (Lipinski definition) is 0. The van der Waals surface area contributed by atoms with E-state index in [9.17, 15) is 18.4 Å². The van der Waals surface area contributed by atoms with Gasteiger partial charge in [0.05, 0.1) is 29.6 Å². The van der Waals surface area contributed by atoms with Crippen LogP contribution in [0.3, 0.4) is 0 Å². The van der Waals surface area contributed by atoms with Gasteiger partial charge in [-0.3, -0.25) is 0 Å². The summed E-state index contributed by atoms with van der Waals surface area (Å²) in [4.78, 5) is 0. The fraction of sp³-hybridized carbons (Fsp3) is 0.474. The third-order valence-corrected chi connectivity index (χ3v) is 5.36. The van der Waals surface area contributed by atoms with Crippen LogP contribution in [-0.4, -0.2) is 15.7 Å². The minimum absolute atomic E-state index is 0.0358. The highest BCUT2D eigenvalue weighted by molar-refractivity contribution is 6.31. The number of rotatable bonds is 5. The first-order valence-corrected chi connectivity index (χ1v) is 8.98. The Labute approximate surface area is 155 Å². The molecule has 0 N–H and O–H groups in total. The van der Waals surface area contributed by atoms with Gasteiger partial charge < -0.3 is 0 Å². The van der Waals surface area contributed by atoms with Crippen molar-refractivity contribution in [1.29, 1.82) is 5.26 Å². The summed E-state index contributed by atoms with van der Waals surface area (Å²) in [7, 11) is 0. The van der Waals surface area contributed by atoms with Crippen molar-refractivity contribution in [2.75, 3.05) is 0 Å². The Morgan fingerprint density at radius 3 is 2.42 bits per heavy atom. The summed E-state index contributed by atoms with van der Waals surface area (Å²) >= 11 is 5.86. The zero-order valence-electron chi connectivity index (χ0n) is 14.6. The van der Waals surface area contributed by atoms with Crippen LogP contribution >= 0.6 is 11.6 Å².